The largest absolute Gasteiger partial charge is 0.294 e. The normalized spacial score (nSPS) is 20.1. The van der Waals surface area contributed by atoms with Crippen molar-refractivity contribution in [2.24, 2.45) is 0 Å². The zero-order valence-electron chi connectivity index (χ0n) is 15.0. The molecule has 2 aliphatic rings. The van der Waals surface area contributed by atoms with Gasteiger partial charge < -0.3 is 0 Å². The number of benzene rings is 2. The number of carbonyl (C=O) groups excluding carboxylic acids is 2. The molecule has 4 rings (SSSR count). The number of nitrogens with zero attached hydrogens (tertiary/aromatic N) is 1. The monoisotopic (exact) mass is 443 g/mol. The molecule has 0 fully saturated rings. The lowest BCUT2D eigenvalue weighted by molar-refractivity contribution is -0.119. The molecule has 0 saturated carbocycles. The number of hydrogen-bond acceptors (Lipinski definition) is 2. The fourth-order valence-corrected chi connectivity index (χ4v) is 4.51. The van der Waals surface area contributed by atoms with Crippen LogP contribution in [0.3, 0.4) is 0 Å². The highest BCUT2D eigenvalue weighted by Crippen LogP contribution is 2.44. The maximum atomic E-state index is 13.2. The minimum Gasteiger partial charge on any atom is -0.294 e. The molecule has 0 spiro atoms. The molecule has 1 aliphatic heterocycles. The SMILES string of the molecule is Cc1ccc(Cl)cc1N1C(=O)CC(c2ccc(Br)cc2)C2=C1CCCC2=O. The van der Waals surface area contributed by atoms with Gasteiger partial charge in [-0.3, -0.25) is 14.5 Å². The Labute approximate surface area is 172 Å². The average molecular weight is 445 g/mol. The molecule has 2 aromatic rings. The summed E-state index contributed by atoms with van der Waals surface area (Å²) in [5.74, 6) is -0.00720. The third-order valence-corrected chi connectivity index (χ3v) is 6.12. The highest BCUT2D eigenvalue weighted by atomic mass is 79.9. The number of rotatable bonds is 2. The van der Waals surface area contributed by atoms with Crippen molar-refractivity contribution in [1.29, 1.82) is 0 Å². The second-order valence-electron chi connectivity index (χ2n) is 7.11. The number of allylic oxidation sites excluding steroid dienone is 2. The Balaban J connectivity index is 1.88. The summed E-state index contributed by atoms with van der Waals surface area (Å²) in [6.45, 7) is 1.96. The number of amides is 1. The first-order valence-corrected chi connectivity index (χ1v) is 10.2. The molecule has 0 bridgehead atoms. The van der Waals surface area contributed by atoms with Gasteiger partial charge in [-0.05, 0) is 55.2 Å². The van der Waals surface area contributed by atoms with Crippen LogP contribution >= 0.6 is 27.5 Å². The summed E-state index contributed by atoms with van der Waals surface area (Å²) in [6, 6.07) is 13.5. The Morgan fingerprint density at radius 3 is 2.56 bits per heavy atom. The van der Waals surface area contributed by atoms with E-state index in [1.165, 1.54) is 0 Å². The van der Waals surface area contributed by atoms with E-state index < -0.39 is 0 Å². The molecular weight excluding hydrogens is 426 g/mol. The van der Waals surface area contributed by atoms with Gasteiger partial charge in [0.05, 0.1) is 5.69 Å². The first-order valence-electron chi connectivity index (χ1n) is 9.06. The Morgan fingerprint density at radius 2 is 1.81 bits per heavy atom. The van der Waals surface area contributed by atoms with Gasteiger partial charge in [0.25, 0.3) is 0 Å². The van der Waals surface area contributed by atoms with Crippen LogP contribution in [-0.4, -0.2) is 11.7 Å². The molecule has 27 heavy (non-hydrogen) atoms. The van der Waals surface area contributed by atoms with Crippen LogP contribution in [0.25, 0.3) is 0 Å². The lowest BCUT2D eigenvalue weighted by Crippen LogP contribution is -2.40. The van der Waals surface area contributed by atoms with E-state index in [-0.39, 0.29) is 24.0 Å². The molecule has 3 nitrogen and oxygen atoms in total. The molecule has 0 radical (unpaired) electrons. The predicted molar refractivity (Wildman–Crippen MR) is 111 cm³/mol. The number of anilines is 1. The molecule has 1 heterocycles. The second-order valence-corrected chi connectivity index (χ2v) is 8.46. The summed E-state index contributed by atoms with van der Waals surface area (Å²) in [5, 5.41) is 0.586. The molecule has 1 amide bonds. The minimum absolute atomic E-state index is 0.0155. The summed E-state index contributed by atoms with van der Waals surface area (Å²) < 4.78 is 0.980. The van der Waals surface area contributed by atoms with Gasteiger partial charge in [0.15, 0.2) is 5.78 Å². The van der Waals surface area contributed by atoms with Crippen LogP contribution in [0.2, 0.25) is 5.02 Å². The summed E-state index contributed by atoms with van der Waals surface area (Å²) in [7, 11) is 0. The van der Waals surface area contributed by atoms with Crippen molar-refractivity contribution in [2.45, 2.75) is 38.5 Å². The van der Waals surface area contributed by atoms with E-state index in [1.54, 1.807) is 4.90 Å². The molecule has 1 unspecified atom stereocenters. The lowest BCUT2D eigenvalue weighted by Gasteiger charge is -2.39. The van der Waals surface area contributed by atoms with E-state index >= 15 is 0 Å². The van der Waals surface area contributed by atoms with E-state index in [2.05, 4.69) is 15.9 Å². The van der Waals surface area contributed by atoms with Crippen molar-refractivity contribution in [3.8, 4) is 0 Å². The number of ketones is 1. The van der Waals surface area contributed by atoms with Crippen molar-refractivity contribution >= 4 is 44.9 Å². The number of aryl methyl sites for hydroxylation is 1. The van der Waals surface area contributed by atoms with E-state index in [4.69, 9.17) is 11.6 Å². The molecule has 138 valence electrons. The third kappa shape index (κ3) is 3.37. The van der Waals surface area contributed by atoms with Gasteiger partial charge in [-0.1, -0.05) is 45.7 Å². The van der Waals surface area contributed by atoms with Crippen molar-refractivity contribution in [3.05, 3.63) is 74.4 Å². The summed E-state index contributed by atoms with van der Waals surface area (Å²) >= 11 is 9.65. The Hall–Kier alpha value is -1.91. The van der Waals surface area contributed by atoms with Crippen molar-refractivity contribution < 1.29 is 9.59 Å². The zero-order valence-corrected chi connectivity index (χ0v) is 17.3. The van der Waals surface area contributed by atoms with Crippen LogP contribution in [0.15, 0.2) is 58.2 Å². The van der Waals surface area contributed by atoms with Crippen molar-refractivity contribution in [1.82, 2.24) is 0 Å². The van der Waals surface area contributed by atoms with Crippen LogP contribution in [0.5, 0.6) is 0 Å². The van der Waals surface area contributed by atoms with Crippen LogP contribution in [0.1, 0.15) is 42.7 Å². The summed E-state index contributed by atoms with van der Waals surface area (Å²) in [4.78, 5) is 27.8. The van der Waals surface area contributed by atoms with E-state index in [0.717, 1.165) is 45.4 Å². The number of carbonyl (C=O) groups is 2. The summed E-state index contributed by atoms with van der Waals surface area (Å²) in [5.41, 5.74) is 4.41. The molecule has 0 N–H and O–H groups in total. The molecule has 0 saturated heterocycles. The highest BCUT2D eigenvalue weighted by Gasteiger charge is 2.40. The third-order valence-electron chi connectivity index (χ3n) is 5.36. The fourth-order valence-electron chi connectivity index (χ4n) is 4.08. The fraction of sp³-hybridized carbons (Fsp3) is 0.273. The van der Waals surface area contributed by atoms with Crippen molar-refractivity contribution in [3.63, 3.8) is 0 Å². The maximum Gasteiger partial charge on any atom is 0.232 e. The molecule has 1 aliphatic carbocycles. The van der Waals surface area contributed by atoms with Crippen LogP contribution in [0.4, 0.5) is 5.69 Å². The van der Waals surface area contributed by atoms with Crippen LogP contribution in [0, 0.1) is 6.92 Å². The van der Waals surface area contributed by atoms with Gasteiger partial charge in [0.2, 0.25) is 5.91 Å². The molecule has 2 aromatic carbocycles. The molecule has 1 atom stereocenters. The topological polar surface area (TPSA) is 37.4 Å². The smallest absolute Gasteiger partial charge is 0.232 e. The van der Waals surface area contributed by atoms with Crippen molar-refractivity contribution in [2.75, 3.05) is 4.90 Å². The number of halogens is 2. The van der Waals surface area contributed by atoms with E-state index in [9.17, 15) is 9.59 Å². The minimum atomic E-state index is -0.177. The van der Waals surface area contributed by atoms with Gasteiger partial charge >= 0.3 is 0 Å². The Kier molecular flexibility index (Phi) is 4.95. The van der Waals surface area contributed by atoms with E-state index in [1.807, 2.05) is 49.4 Å². The average Bonchev–Trinajstić information content (AvgIpc) is 2.64. The van der Waals surface area contributed by atoms with Gasteiger partial charge in [0, 0.05) is 39.5 Å². The van der Waals surface area contributed by atoms with Crippen LogP contribution in [-0.2, 0) is 9.59 Å². The van der Waals surface area contributed by atoms with E-state index in [0.29, 0.717) is 11.4 Å². The van der Waals surface area contributed by atoms with Gasteiger partial charge in [-0.25, -0.2) is 0 Å². The summed E-state index contributed by atoms with van der Waals surface area (Å²) in [6.07, 6.45) is 2.33. The quantitative estimate of drug-likeness (QED) is 0.575. The standard InChI is InChI=1S/C22H19BrClNO2/c1-13-5-10-16(24)11-19(13)25-18-3-2-4-20(26)22(18)17(12-21(25)27)14-6-8-15(23)9-7-14/h5-11,17H,2-4,12H2,1H3. The first-order chi connectivity index (χ1) is 13.0. The second kappa shape index (κ2) is 7.25. The number of hydrogen-bond donors (Lipinski definition) is 0. The Morgan fingerprint density at radius 1 is 1.07 bits per heavy atom. The maximum absolute atomic E-state index is 13.2. The van der Waals surface area contributed by atoms with Gasteiger partial charge in [-0.15, -0.1) is 0 Å². The van der Waals surface area contributed by atoms with Gasteiger partial charge in [-0.2, -0.15) is 0 Å². The lowest BCUT2D eigenvalue weighted by atomic mass is 9.77. The predicted octanol–water partition coefficient (Wildman–Crippen LogP) is 5.94. The molecular formula is C22H19BrClNO2. The zero-order chi connectivity index (χ0) is 19.1. The molecule has 0 aromatic heterocycles. The van der Waals surface area contributed by atoms with Gasteiger partial charge in [0.1, 0.15) is 0 Å². The number of Topliss-reactive ketones (excluding diaryl/α,β-unsaturated/α-hetero) is 1. The Bertz CT molecular complexity index is 965. The van der Waals surface area contributed by atoms with Crippen LogP contribution < -0.4 is 4.90 Å². The first kappa shape index (κ1) is 18.5. The molecule has 5 heteroatoms. The highest BCUT2D eigenvalue weighted by molar-refractivity contribution is 9.10.